The number of aryl methyl sites for hydroxylation is 1. The molecule has 0 aliphatic carbocycles. The summed E-state index contributed by atoms with van der Waals surface area (Å²) in [6, 6.07) is 0.450. The van der Waals surface area contributed by atoms with E-state index in [9.17, 15) is 8.42 Å². The van der Waals surface area contributed by atoms with Crippen molar-refractivity contribution < 1.29 is 8.42 Å². The highest BCUT2D eigenvalue weighted by atomic mass is 32.2. The standard InChI is InChI=1S/C15H29N5O2S/c1-14-12-19(7-5-11-23(21,22)17(2)3)9-10-20(14)13-15-16-6-8-18(15)4/h6,8,14H,5,7,9-13H2,1-4H3/t14-/m0/s1. The van der Waals surface area contributed by atoms with Gasteiger partial charge in [-0.05, 0) is 19.9 Å². The third kappa shape index (κ3) is 5.00. The lowest BCUT2D eigenvalue weighted by Gasteiger charge is -2.39. The molecular formula is C15H29N5O2S. The third-order valence-electron chi connectivity index (χ3n) is 4.55. The molecule has 0 aromatic carbocycles. The molecule has 2 rings (SSSR count). The highest BCUT2D eigenvalue weighted by molar-refractivity contribution is 7.89. The van der Waals surface area contributed by atoms with Gasteiger partial charge in [0.1, 0.15) is 5.82 Å². The van der Waals surface area contributed by atoms with Crippen molar-refractivity contribution in [3.63, 3.8) is 0 Å². The largest absolute Gasteiger partial charge is 0.337 e. The lowest BCUT2D eigenvalue weighted by molar-refractivity contribution is 0.0753. The number of sulfonamides is 1. The van der Waals surface area contributed by atoms with Crippen LogP contribution < -0.4 is 0 Å². The molecule has 0 unspecified atom stereocenters. The molecule has 7 nitrogen and oxygen atoms in total. The van der Waals surface area contributed by atoms with Crippen LogP contribution in [-0.4, -0.2) is 84.1 Å². The molecule has 0 spiro atoms. The Kier molecular flexibility index (Phi) is 6.19. The molecule has 1 fully saturated rings. The lowest BCUT2D eigenvalue weighted by Crippen LogP contribution is -2.51. The number of piperazine rings is 1. The predicted octanol–water partition coefficient (Wildman–Crippen LogP) is 0.208. The minimum atomic E-state index is -3.08. The molecule has 0 amide bonds. The van der Waals surface area contributed by atoms with Crippen LogP contribution in [0.15, 0.2) is 12.4 Å². The van der Waals surface area contributed by atoms with Gasteiger partial charge < -0.3 is 9.47 Å². The van der Waals surface area contributed by atoms with E-state index >= 15 is 0 Å². The Balaban J connectivity index is 1.77. The van der Waals surface area contributed by atoms with Crippen molar-refractivity contribution in [3.8, 4) is 0 Å². The Hall–Kier alpha value is -0.960. The van der Waals surface area contributed by atoms with Crippen LogP contribution >= 0.6 is 0 Å². The van der Waals surface area contributed by atoms with Gasteiger partial charge in [0.25, 0.3) is 0 Å². The monoisotopic (exact) mass is 343 g/mol. The number of aromatic nitrogens is 2. The minimum absolute atomic E-state index is 0.224. The highest BCUT2D eigenvalue weighted by Crippen LogP contribution is 2.13. The summed E-state index contributed by atoms with van der Waals surface area (Å²) in [5.74, 6) is 1.31. The Morgan fingerprint density at radius 2 is 2.09 bits per heavy atom. The van der Waals surface area contributed by atoms with Gasteiger partial charge >= 0.3 is 0 Å². The lowest BCUT2D eigenvalue weighted by atomic mass is 10.2. The molecule has 8 heteroatoms. The quantitative estimate of drug-likeness (QED) is 0.708. The zero-order chi connectivity index (χ0) is 17.0. The first kappa shape index (κ1) is 18.4. The Morgan fingerprint density at radius 3 is 2.65 bits per heavy atom. The highest BCUT2D eigenvalue weighted by Gasteiger charge is 2.24. The molecule has 2 heterocycles. The van der Waals surface area contributed by atoms with Crippen molar-refractivity contribution in [2.45, 2.75) is 25.9 Å². The van der Waals surface area contributed by atoms with Crippen LogP contribution in [-0.2, 0) is 23.6 Å². The zero-order valence-corrected chi connectivity index (χ0v) is 15.5. The fourth-order valence-electron chi connectivity index (χ4n) is 2.89. The summed E-state index contributed by atoms with van der Waals surface area (Å²) in [7, 11) is 2.13. The molecule has 0 radical (unpaired) electrons. The second kappa shape index (κ2) is 7.74. The second-order valence-corrected chi connectivity index (χ2v) is 8.83. The van der Waals surface area contributed by atoms with Gasteiger partial charge in [-0.3, -0.25) is 4.90 Å². The van der Waals surface area contributed by atoms with E-state index in [2.05, 4.69) is 26.3 Å². The van der Waals surface area contributed by atoms with Crippen molar-refractivity contribution in [3.05, 3.63) is 18.2 Å². The van der Waals surface area contributed by atoms with Crippen LogP contribution in [0.2, 0.25) is 0 Å². The van der Waals surface area contributed by atoms with E-state index in [1.807, 2.05) is 19.4 Å². The summed E-state index contributed by atoms with van der Waals surface area (Å²) in [6.45, 7) is 6.89. The Morgan fingerprint density at radius 1 is 1.35 bits per heavy atom. The first-order chi connectivity index (χ1) is 10.8. The average Bonchev–Trinajstić information content (AvgIpc) is 2.87. The number of hydrogen-bond acceptors (Lipinski definition) is 5. The summed E-state index contributed by atoms with van der Waals surface area (Å²) < 4.78 is 26.9. The fraction of sp³-hybridized carbons (Fsp3) is 0.800. The predicted molar refractivity (Wildman–Crippen MR) is 91.6 cm³/mol. The van der Waals surface area contributed by atoms with Crippen LogP contribution in [0, 0.1) is 0 Å². The van der Waals surface area contributed by atoms with Gasteiger partial charge in [0.05, 0.1) is 12.3 Å². The third-order valence-corrected chi connectivity index (χ3v) is 6.46. The average molecular weight is 343 g/mol. The molecule has 1 aliphatic heterocycles. The molecule has 1 aromatic heterocycles. The molecule has 0 N–H and O–H groups in total. The van der Waals surface area contributed by atoms with Gasteiger partial charge in [-0.25, -0.2) is 17.7 Å². The van der Waals surface area contributed by atoms with Crippen molar-refractivity contribution >= 4 is 10.0 Å². The van der Waals surface area contributed by atoms with E-state index in [-0.39, 0.29) is 5.75 Å². The SMILES string of the molecule is C[C@H]1CN(CCCS(=O)(=O)N(C)C)CCN1Cc1nccn1C. The van der Waals surface area contributed by atoms with Gasteiger partial charge in [-0.2, -0.15) is 0 Å². The van der Waals surface area contributed by atoms with E-state index in [1.165, 1.54) is 4.31 Å². The smallest absolute Gasteiger partial charge is 0.213 e. The zero-order valence-electron chi connectivity index (χ0n) is 14.6. The van der Waals surface area contributed by atoms with Crippen molar-refractivity contribution in [2.24, 2.45) is 7.05 Å². The van der Waals surface area contributed by atoms with Crippen molar-refractivity contribution in [1.29, 1.82) is 0 Å². The number of rotatable bonds is 7. The molecule has 1 saturated heterocycles. The molecule has 132 valence electrons. The van der Waals surface area contributed by atoms with Gasteiger partial charge in [0.2, 0.25) is 10.0 Å². The van der Waals surface area contributed by atoms with Gasteiger partial charge in [-0.15, -0.1) is 0 Å². The van der Waals surface area contributed by atoms with Crippen LogP contribution in [0.25, 0.3) is 0 Å². The number of hydrogen-bond donors (Lipinski definition) is 0. The molecular weight excluding hydrogens is 314 g/mol. The molecule has 1 aromatic rings. The maximum atomic E-state index is 11.8. The summed E-state index contributed by atoms with van der Waals surface area (Å²) in [5, 5.41) is 0. The number of imidazole rings is 1. The minimum Gasteiger partial charge on any atom is -0.337 e. The topological polar surface area (TPSA) is 61.7 Å². The van der Waals surface area contributed by atoms with Crippen LogP contribution in [0.5, 0.6) is 0 Å². The van der Waals surface area contributed by atoms with Gasteiger partial charge in [0, 0.05) is 59.2 Å². The summed E-state index contributed by atoms with van der Waals surface area (Å²) in [6.07, 6.45) is 4.50. The maximum absolute atomic E-state index is 11.8. The van der Waals surface area contributed by atoms with Crippen LogP contribution in [0.4, 0.5) is 0 Å². The summed E-state index contributed by atoms with van der Waals surface area (Å²) >= 11 is 0. The van der Waals surface area contributed by atoms with Crippen LogP contribution in [0.1, 0.15) is 19.2 Å². The first-order valence-electron chi connectivity index (χ1n) is 8.12. The summed E-state index contributed by atoms with van der Waals surface area (Å²) in [5.41, 5.74) is 0. The van der Waals surface area contributed by atoms with E-state index in [0.717, 1.165) is 38.5 Å². The normalized spacial score (nSPS) is 21.2. The van der Waals surface area contributed by atoms with E-state index in [1.54, 1.807) is 14.1 Å². The molecule has 0 saturated carbocycles. The van der Waals surface area contributed by atoms with E-state index in [4.69, 9.17) is 0 Å². The van der Waals surface area contributed by atoms with E-state index in [0.29, 0.717) is 12.5 Å². The molecule has 23 heavy (non-hydrogen) atoms. The molecule has 1 aliphatic rings. The maximum Gasteiger partial charge on any atom is 0.213 e. The van der Waals surface area contributed by atoms with Crippen molar-refractivity contribution in [1.82, 2.24) is 23.7 Å². The summed E-state index contributed by atoms with van der Waals surface area (Å²) in [4.78, 5) is 9.20. The molecule has 1 atom stereocenters. The van der Waals surface area contributed by atoms with Crippen LogP contribution in [0.3, 0.4) is 0 Å². The Bertz CT molecular complexity index is 599. The number of nitrogens with zero attached hydrogens (tertiary/aromatic N) is 5. The van der Waals surface area contributed by atoms with E-state index < -0.39 is 10.0 Å². The van der Waals surface area contributed by atoms with Gasteiger partial charge in [-0.1, -0.05) is 0 Å². The molecule has 0 bridgehead atoms. The first-order valence-corrected chi connectivity index (χ1v) is 9.73. The second-order valence-electron chi connectivity index (χ2n) is 6.53. The Labute approximate surface area is 139 Å². The van der Waals surface area contributed by atoms with Gasteiger partial charge in [0.15, 0.2) is 0 Å². The van der Waals surface area contributed by atoms with Crippen molar-refractivity contribution in [2.75, 3.05) is 46.0 Å². The fourth-order valence-corrected chi connectivity index (χ4v) is 3.75.